The molecule has 0 bridgehead atoms. The highest BCUT2D eigenvalue weighted by Gasteiger charge is 2.35. The average Bonchev–Trinajstić information content (AvgIpc) is 2.94. The molecule has 1 aliphatic rings. The van der Waals surface area contributed by atoms with Gasteiger partial charge in [0.1, 0.15) is 5.57 Å². The fourth-order valence-corrected chi connectivity index (χ4v) is 3.78. The van der Waals surface area contributed by atoms with Crippen LogP contribution in [-0.2, 0) is 9.59 Å². The lowest BCUT2D eigenvalue weighted by Crippen LogP contribution is -2.54. The number of carboxylic acids is 1. The highest BCUT2D eigenvalue weighted by molar-refractivity contribution is 7.80. The second-order valence-electron chi connectivity index (χ2n) is 5.37. The number of anilines is 1. The van der Waals surface area contributed by atoms with Crippen LogP contribution < -0.4 is 10.2 Å². The third-order valence-electron chi connectivity index (χ3n) is 3.58. The maximum absolute atomic E-state index is 12.9. The molecule has 6 nitrogen and oxygen atoms in total. The number of carbonyl (C=O) groups excluding carboxylic acids is 2. The first-order valence-corrected chi connectivity index (χ1v) is 8.89. The molecule has 0 atom stereocenters. The minimum absolute atomic E-state index is 0.0341. The summed E-state index contributed by atoms with van der Waals surface area (Å²) in [5.41, 5.74) is 0.279. The first-order valence-electron chi connectivity index (χ1n) is 7.28. The summed E-state index contributed by atoms with van der Waals surface area (Å²) >= 11 is 12.1. The molecule has 2 N–H and O–H groups in total. The molecule has 1 fully saturated rings. The van der Waals surface area contributed by atoms with Crippen LogP contribution in [0.3, 0.4) is 0 Å². The minimum atomic E-state index is -1.13. The molecule has 1 aromatic carbocycles. The summed E-state index contributed by atoms with van der Waals surface area (Å²) in [4.78, 5) is 38.7. The zero-order valence-electron chi connectivity index (χ0n) is 13.3. The zero-order valence-corrected chi connectivity index (χ0v) is 15.7. The van der Waals surface area contributed by atoms with E-state index >= 15 is 0 Å². The standard InChI is InChI=1S/C17H11ClN2O4S2/c1-8-6-11(16(23)24)13(26-8)7-12-14(21)19-17(25)20(15(12)22)10-4-2-9(18)3-5-10/h2-7H,1H3,(H,23,24)(H,19,21,25). The number of amides is 2. The van der Waals surface area contributed by atoms with Crippen LogP contribution in [0.2, 0.25) is 5.02 Å². The van der Waals surface area contributed by atoms with Gasteiger partial charge in [-0.05, 0) is 55.5 Å². The number of carboxylic acid groups (broad SMARTS) is 1. The van der Waals surface area contributed by atoms with Crippen molar-refractivity contribution < 1.29 is 19.5 Å². The number of hydrogen-bond donors (Lipinski definition) is 2. The maximum atomic E-state index is 12.9. The zero-order chi connectivity index (χ0) is 19.0. The molecule has 0 saturated carbocycles. The molecule has 0 spiro atoms. The molecule has 0 unspecified atom stereocenters. The van der Waals surface area contributed by atoms with Crippen molar-refractivity contribution in [3.63, 3.8) is 0 Å². The number of aryl methyl sites for hydroxylation is 1. The van der Waals surface area contributed by atoms with Gasteiger partial charge in [-0.3, -0.25) is 19.8 Å². The van der Waals surface area contributed by atoms with E-state index < -0.39 is 17.8 Å². The molecule has 1 saturated heterocycles. The van der Waals surface area contributed by atoms with Gasteiger partial charge in [-0.15, -0.1) is 11.3 Å². The Morgan fingerprint density at radius 2 is 1.96 bits per heavy atom. The summed E-state index contributed by atoms with van der Waals surface area (Å²) in [5, 5.41) is 12.2. The van der Waals surface area contributed by atoms with E-state index in [0.29, 0.717) is 15.6 Å². The quantitative estimate of drug-likeness (QED) is 0.464. The summed E-state index contributed by atoms with van der Waals surface area (Å²) in [5.74, 6) is -2.44. The van der Waals surface area contributed by atoms with Gasteiger partial charge in [-0.25, -0.2) is 4.79 Å². The number of nitrogens with one attached hydrogen (secondary N) is 1. The lowest BCUT2D eigenvalue weighted by molar-refractivity contribution is -0.122. The van der Waals surface area contributed by atoms with Gasteiger partial charge >= 0.3 is 5.97 Å². The molecule has 2 aromatic rings. The van der Waals surface area contributed by atoms with Crippen molar-refractivity contribution in [1.82, 2.24) is 5.32 Å². The predicted molar refractivity (Wildman–Crippen MR) is 104 cm³/mol. The van der Waals surface area contributed by atoms with Crippen LogP contribution in [0, 0.1) is 6.92 Å². The van der Waals surface area contributed by atoms with Crippen molar-refractivity contribution in [2.24, 2.45) is 0 Å². The van der Waals surface area contributed by atoms with Crippen LogP contribution in [0.4, 0.5) is 5.69 Å². The number of aromatic carboxylic acids is 1. The SMILES string of the molecule is Cc1cc(C(=O)O)c(C=C2C(=O)NC(=S)N(c3ccc(Cl)cc3)C2=O)s1. The van der Waals surface area contributed by atoms with Crippen LogP contribution in [0.25, 0.3) is 6.08 Å². The monoisotopic (exact) mass is 406 g/mol. The van der Waals surface area contributed by atoms with E-state index in [4.69, 9.17) is 23.8 Å². The number of thiocarbonyl (C=S) groups is 1. The topological polar surface area (TPSA) is 86.7 Å². The Hall–Kier alpha value is -2.55. The second kappa shape index (κ2) is 6.99. The largest absolute Gasteiger partial charge is 0.478 e. The van der Waals surface area contributed by atoms with E-state index in [1.807, 2.05) is 0 Å². The number of halogens is 1. The number of benzene rings is 1. The summed E-state index contributed by atoms with van der Waals surface area (Å²) in [6.45, 7) is 1.75. The Morgan fingerprint density at radius 3 is 2.58 bits per heavy atom. The van der Waals surface area contributed by atoms with E-state index in [1.165, 1.54) is 28.4 Å². The van der Waals surface area contributed by atoms with Crippen LogP contribution in [0.15, 0.2) is 35.9 Å². The van der Waals surface area contributed by atoms with Crippen LogP contribution in [0.1, 0.15) is 20.1 Å². The maximum Gasteiger partial charge on any atom is 0.337 e. The van der Waals surface area contributed by atoms with Crippen molar-refractivity contribution in [3.8, 4) is 0 Å². The van der Waals surface area contributed by atoms with Gasteiger partial charge in [0.15, 0.2) is 5.11 Å². The molecule has 1 aliphatic heterocycles. The number of thiophene rings is 1. The van der Waals surface area contributed by atoms with Gasteiger partial charge in [0.2, 0.25) is 0 Å². The number of carbonyl (C=O) groups is 3. The van der Waals surface area contributed by atoms with E-state index in [-0.39, 0.29) is 16.2 Å². The second-order valence-corrected chi connectivity index (χ2v) is 7.49. The van der Waals surface area contributed by atoms with Crippen molar-refractivity contribution >= 4 is 69.8 Å². The van der Waals surface area contributed by atoms with E-state index in [1.54, 1.807) is 31.2 Å². The van der Waals surface area contributed by atoms with Crippen LogP contribution in [-0.4, -0.2) is 28.0 Å². The summed E-state index contributed by atoms with van der Waals surface area (Å²) in [7, 11) is 0. The summed E-state index contributed by atoms with van der Waals surface area (Å²) in [6, 6.07) is 7.88. The fourth-order valence-electron chi connectivity index (χ4n) is 2.42. The van der Waals surface area contributed by atoms with E-state index in [2.05, 4.69) is 5.32 Å². The first kappa shape index (κ1) is 18.2. The third-order valence-corrected chi connectivity index (χ3v) is 5.11. The van der Waals surface area contributed by atoms with E-state index in [0.717, 1.165) is 4.88 Å². The number of nitrogens with zero attached hydrogens (tertiary/aromatic N) is 1. The molecule has 1 aromatic heterocycles. The van der Waals surface area contributed by atoms with Crippen molar-refractivity contribution in [3.05, 3.63) is 56.2 Å². The highest BCUT2D eigenvalue weighted by Crippen LogP contribution is 2.28. The lowest BCUT2D eigenvalue weighted by Gasteiger charge is -2.28. The Kier molecular flexibility index (Phi) is 4.90. The lowest BCUT2D eigenvalue weighted by atomic mass is 10.1. The molecule has 132 valence electrons. The Bertz CT molecular complexity index is 979. The molecule has 2 heterocycles. The Morgan fingerprint density at radius 1 is 1.31 bits per heavy atom. The first-order chi connectivity index (χ1) is 12.3. The van der Waals surface area contributed by atoms with Crippen molar-refractivity contribution in [1.29, 1.82) is 0 Å². The Balaban J connectivity index is 2.06. The molecular formula is C17H11ClN2O4S2. The fraction of sp³-hybridized carbons (Fsp3) is 0.0588. The molecule has 26 heavy (non-hydrogen) atoms. The van der Waals surface area contributed by atoms with Gasteiger partial charge in [0.25, 0.3) is 11.8 Å². The van der Waals surface area contributed by atoms with Gasteiger partial charge in [0.05, 0.1) is 11.3 Å². The smallest absolute Gasteiger partial charge is 0.337 e. The summed E-state index contributed by atoms with van der Waals surface area (Å²) in [6.07, 6.45) is 1.28. The Labute approximate surface area is 162 Å². The predicted octanol–water partition coefficient (Wildman–Crippen LogP) is 3.24. The molecular weight excluding hydrogens is 396 g/mol. The third kappa shape index (κ3) is 3.39. The number of hydrogen-bond acceptors (Lipinski definition) is 5. The summed E-state index contributed by atoms with van der Waals surface area (Å²) < 4.78 is 0. The molecule has 9 heteroatoms. The minimum Gasteiger partial charge on any atom is -0.478 e. The molecule has 0 aliphatic carbocycles. The average molecular weight is 407 g/mol. The van der Waals surface area contributed by atoms with E-state index in [9.17, 15) is 19.5 Å². The van der Waals surface area contributed by atoms with Crippen molar-refractivity contribution in [2.45, 2.75) is 6.92 Å². The van der Waals surface area contributed by atoms with Crippen LogP contribution >= 0.6 is 35.2 Å². The van der Waals surface area contributed by atoms with Crippen LogP contribution in [0.5, 0.6) is 0 Å². The van der Waals surface area contributed by atoms with Gasteiger partial charge in [-0.2, -0.15) is 0 Å². The molecule has 0 radical (unpaired) electrons. The number of rotatable bonds is 3. The molecule has 2 amide bonds. The van der Waals surface area contributed by atoms with Gasteiger partial charge in [-0.1, -0.05) is 11.6 Å². The highest BCUT2D eigenvalue weighted by atomic mass is 35.5. The van der Waals surface area contributed by atoms with Gasteiger partial charge in [0, 0.05) is 14.8 Å². The van der Waals surface area contributed by atoms with Gasteiger partial charge < -0.3 is 5.11 Å². The normalized spacial score (nSPS) is 16.2. The molecule has 3 rings (SSSR count). The van der Waals surface area contributed by atoms with Crippen molar-refractivity contribution in [2.75, 3.05) is 4.90 Å².